The summed E-state index contributed by atoms with van der Waals surface area (Å²) < 4.78 is 5.63. The highest BCUT2D eigenvalue weighted by atomic mass is 16.5. The highest BCUT2D eigenvalue weighted by Crippen LogP contribution is 2.21. The van der Waals surface area contributed by atoms with E-state index in [9.17, 15) is 9.59 Å². The molecule has 26 heavy (non-hydrogen) atoms. The largest absolute Gasteiger partial charge is 0.364 e. The summed E-state index contributed by atoms with van der Waals surface area (Å²) in [6.07, 6.45) is 1.09. The Kier molecular flexibility index (Phi) is 7.41. The molecule has 1 aliphatic rings. The fourth-order valence-electron chi connectivity index (χ4n) is 3.03. The minimum Gasteiger partial charge on any atom is -0.364 e. The number of rotatable bonds is 7. The smallest absolute Gasteiger partial charge is 0.321 e. The van der Waals surface area contributed by atoms with Gasteiger partial charge in [0.05, 0.1) is 12.1 Å². The standard InChI is InChI=1S/C19H30N4O3/c1-4-23(5-2)19(25)22-15-8-6-14(7-9-15)13(3)21-18(24)17-11-10-16(12-20)26-17/h6-9,13,16-17H,4-5,10-12,20H2,1-3H3,(H,21,24)(H,22,25)/t13?,16-,17+/m1/s1. The van der Waals surface area contributed by atoms with Crippen LogP contribution in [0.2, 0.25) is 0 Å². The van der Waals surface area contributed by atoms with Gasteiger partial charge < -0.3 is 26.0 Å². The monoisotopic (exact) mass is 362 g/mol. The Bertz CT molecular complexity index is 601. The van der Waals surface area contributed by atoms with Crippen LogP contribution in [-0.4, -0.2) is 48.7 Å². The van der Waals surface area contributed by atoms with Gasteiger partial charge in [0.2, 0.25) is 5.91 Å². The Labute approximate surface area is 155 Å². The van der Waals surface area contributed by atoms with Crippen molar-refractivity contribution in [3.63, 3.8) is 0 Å². The number of hydrogen-bond acceptors (Lipinski definition) is 4. The first kappa shape index (κ1) is 20.2. The average molecular weight is 362 g/mol. The van der Waals surface area contributed by atoms with Crippen molar-refractivity contribution in [1.82, 2.24) is 10.2 Å². The van der Waals surface area contributed by atoms with Gasteiger partial charge >= 0.3 is 6.03 Å². The summed E-state index contributed by atoms with van der Waals surface area (Å²) in [4.78, 5) is 26.1. The fourth-order valence-corrected chi connectivity index (χ4v) is 3.03. The van der Waals surface area contributed by atoms with E-state index in [1.165, 1.54) is 0 Å². The average Bonchev–Trinajstić information content (AvgIpc) is 3.12. The molecule has 1 fully saturated rings. The highest BCUT2D eigenvalue weighted by Gasteiger charge is 2.30. The Balaban J connectivity index is 1.89. The number of nitrogens with one attached hydrogen (secondary N) is 2. The van der Waals surface area contributed by atoms with E-state index in [2.05, 4.69) is 10.6 Å². The lowest BCUT2D eigenvalue weighted by atomic mass is 10.1. The van der Waals surface area contributed by atoms with Crippen molar-refractivity contribution in [3.8, 4) is 0 Å². The molecule has 1 aromatic rings. The van der Waals surface area contributed by atoms with E-state index in [4.69, 9.17) is 10.5 Å². The normalized spacial score (nSPS) is 20.5. The first-order valence-corrected chi connectivity index (χ1v) is 9.30. The van der Waals surface area contributed by atoms with Gasteiger partial charge in [0.15, 0.2) is 0 Å². The second kappa shape index (κ2) is 9.54. The topological polar surface area (TPSA) is 96.7 Å². The number of benzene rings is 1. The quantitative estimate of drug-likeness (QED) is 0.693. The molecule has 1 saturated heterocycles. The van der Waals surface area contributed by atoms with Crippen LogP contribution in [0.4, 0.5) is 10.5 Å². The predicted octanol–water partition coefficient (Wildman–Crippen LogP) is 2.24. The van der Waals surface area contributed by atoms with Crippen LogP contribution >= 0.6 is 0 Å². The molecule has 1 heterocycles. The van der Waals surface area contributed by atoms with Crippen molar-refractivity contribution in [2.24, 2.45) is 5.73 Å². The number of carbonyl (C=O) groups excluding carboxylic acids is 2. The highest BCUT2D eigenvalue weighted by molar-refractivity contribution is 5.89. The molecule has 1 unspecified atom stereocenters. The molecule has 3 amide bonds. The van der Waals surface area contributed by atoms with E-state index in [1.54, 1.807) is 4.90 Å². The number of nitrogens with two attached hydrogens (primary N) is 1. The van der Waals surface area contributed by atoms with Crippen LogP contribution in [0.15, 0.2) is 24.3 Å². The molecule has 7 heteroatoms. The van der Waals surface area contributed by atoms with Gasteiger partial charge in [-0.1, -0.05) is 12.1 Å². The second-order valence-corrected chi connectivity index (χ2v) is 6.51. The van der Waals surface area contributed by atoms with Crippen molar-refractivity contribution < 1.29 is 14.3 Å². The summed E-state index contributed by atoms with van der Waals surface area (Å²) >= 11 is 0. The molecule has 144 valence electrons. The Morgan fingerprint density at radius 3 is 2.42 bits per heavy atom. The van der Waals surface area contributed by atoms with E-state index >= 15 is 0 Å². The van der Waals surface area contributed by atoms with Crippen molar-refractivity contribution >= 4 is 17.6 Å². The number of hydrogen-bond donors (Lipinski definition) is 3. The number of anilines is 1. The molecule has 0 saturated carbocycles. The Morgan fingerprint density at radius 1 is 1.23 bits per heavy atom. The molecule has 0 spiro atoms. The number of ether oxygens (including phenoxy) is 1. The first-order chi connectivity index (χ1) is 12.5. The van der Waals surface area contributed by atoms with E-state index in [1.807, 2.05) is 45.0 Å². The number of amides is 3. The third-order valence-electron chi connectivity index (χ3n) is 4.73. The van der Waals surface area contributed by atoms with Crippen molar-refractivity contribution in [2.45, 2.75) is 51.9 Å². The Morgan fingerprint density at radius 2 is 1.88 bits per heavy atom. The maximum Gasteiger partial charge on any atom is 0.321 e. The summed E-state index contributed by atoms with van der Waals surface area (Å²) in [5.41, 5.74) is 7.28. The summed E-state index contributed by atoms with van der Waals surface area (Å²) in [7, 11) is 0. The molecular formula is C19H30N4O3. The molecule has 0 aliphatic carbocycles. The first-order valence-electron chi connectivity index (χ1n) is 9.30. The van der Waals surface area contributed by atoms with Crippen LogP contribution in [0, 0.1) is 0 Å². The summed E-state index contributed by atoms with van der Waals surface area (Å²) in [5.74, 6) is -0.104. The molecular weight excluding hydrogens is 332 g/mol. The van der Waals surface area contributed by atoms with Crippen LogP contribution < -0.4 is 16.4 Å². The lowest BCUT2D eigenvalue weighted by molar-refractivity contribution is -0.132. The van der Waals surface area contributed by atoms with Gasteiger partial charge in [-0.2, -0.15) is 0 Å². The van der Waals surface area contributed by atoms with Gasteiger partial charge in [-0.15, -0.1) is 0 Å². The molecule has 2 rings (SSSR count). The molecule has 1 aromatic carbocycles. The van der Waals surface area contributed by atoms with Crippen molar-refractivity contribution in [2.75, 3.05) is 25.0 Å². The van der Waals surface area contributed by atoms with Crippen LogP contribution in [0.1, 0.15) is 45.2 Å². The maximum atomic E-state index is 12.3. The predicted molar refractivity (Wildman–Crippen MR) is 102 cm³/mol. The van der Waals surface area contributed by atoms with Crippen LogP contribution in [-0.2, 0) is 9.53 Å². The SMILES string of the molecule is CCN(CC)C(=O)Nc1ccc(C(C)NC(=O)[C@@H]2CC[C@H](CN)O2)cc1. The molecule has 7 nitrogen and oxygen atoms in total. The van der Waals surface area contributed by atoms with Gasteiger partial charge in [0, 0.05) is 25.3 Å². The number of nitrogens with zero attached hydrogens (tertiary/aromatic N) is 1. The minimum absolute atomic E-state index is 0.0187. The van der Waals surface area contributed by atoms with Crippen molar-refractivity contribution in [3.05, 3.63) is 29.8 Å². The van der Waals surface area contributed by atoms with Gasteiger partial charge in [0.25, 0.3) is 0 Å². The van der Waals surface area contributed by atoms with Gasteiger partial charge in [-0.3, -0.25) is 4.79 Å². The molecule has 0 radical (unpaired) electrons. The van der Waals surface area contributed by atoms with Crippen LogP contribution in [0.5, 0.6) is 0 Å². The maximum absolute atomic E-state index is 12.3. The molecule has 0 bridgehead atoms. The van der Waals surface area contributed by atoms with E-state index in [0.29, 0.717) is 26.1 Å². The molecule has 1 aliphatic heterocycles. The summed E-state index contributed by atoms with van der Waals surface area (Å²) in [5, 5.41) is 5.85. The van der Waals surface area contributed by atoms with Crippen LogP contribution in [0.25, 0.3) is 0 Å². The fraction of sp³-hybridized carbons (Fsp3) is 0.579. The number of carbonyl (C=O) groups is 2. The minimum atomic E-state index is -0.418. The lowest BCUT2D eigenvalue weighted by Crippen LogP contribution is -2.37. The van der Waals surface area contributed by atoms with E-state index < -0.39 is 6.10 Å². The summed E-state index contributed by atoms with van der Waals surface area (Å²) in [6, 6.07) is 7.24. The molecule has 4 N–H and O–H groups in total. The third-order valence-corrected chi connectivity index (χ3v) is 4.73. The van der Waals surface area contributed by atoms with Gasteiger partial charge in [-0.05, 0) is 51.3 Å². The second-order valence-electron chi connectivity index (χ2n) is 6.51. The third kappa shape index (κ3) is 5.19. The number of urea groups is 1. The molecule has 0 aromatic heterocycles. The molecule has 3 atom stereocenters. The zero-order chi connectivity index (χ0) is 19.1. The van der Waals surface area contributed by atoms with Crippen molar-refractivity contribution in [1.29, 1.82) is 0 Å². The van der Waals surface area contributed by atoms with E-state index in [0.717, 1.165) is 17.7 Å². The van der Waals surface area contributed by atoms with E-state index in [-0.39, 0.29) is 24.1 Å². The Hall–Kier alpha value is -2.12. The zero-order valence-electron chi connectivity index (χ0n) is 15.8. The zero-order valence-corrected chi connectivity index (χ0v) is 15.8. The van der Waals surface area contributed by atoms with Crippen LogP contribution in [0.3, 0.4) is 0 Å². The van der Waals surface area contributed by atoms with Gasteiger partial charge in [0.1, 0.15) is 6.10 Å². The lowest BCUT2D eigenvalue weighted by Gasteiger charge is -2.20. The van der Waals surface area contributed by atoms with Gasteiger partial charge in [-0.25, -0.2) is 4.79 Å². The summed E-state index contributed by atoms with van der Waals surface area (Å²) in [6.45, 7) is 7.59.